The zero-order chi connectivity index (χ0) is 19.8. The molecule has 0 unspecified atom stereocenters. The molecule has 0 saturated heterocycles. The highest BCUT2D eigenvalue weighted by molar-refractivity contribution is 5.96. The van der Waals surface area contributed by atoms with Gasteiger partial charge in [0.05, 0.1) is 0 Å². The summed E-state index contributed by atoms with van der Waals surface area (Å²) < 4.78 is 5.45. The van der Waals surface area contributed by atoms with Crippen molar-refractivity contribution in [2.24, 2.45) is 0 Å². The van der Waals surface area contributed by atoms with Crippen LogP contribution in [0.25, 0.3) is 0 Å². The Hall–Kier alpha value is -3.35. The molecule has 27 heavy (non-hydrogen) atoms. The Morgan fingerprint density at radius 1 is 0.926 bits per heavy atom. The molecule has 0 atom stereocenters. The van der Waals surface area contributed by atoms with Gasteiger partial charge in [0.1, 0.15) is 5.75 Å². The third-order valence-corrected chi connectivity index (χ3v) is 3.76. The minimum absolute atomic E-state index is 0.108. The molecule has 7 heteroatoms. The number of ether oxygens (including phenoxy) is 1. The quantitative estimate of drug-likeness (QED) is 0.682. The molecule has 0 aliphatic carbocycles. The van der Waals surface area contributed by atoms with E-state index in [0.717, 1.165) is 11.1 Å². The first-order chi connectivity index (χ1) is 12.9. The van der Waals surface area contributed by atoms with Crippen LogP contribution in [0.15, 0.2) is 42.5 Å². The van der Waals surface area contributed by atoms with Gasteiger partial charge in [0.2, 0.25) is 5.91 Å². The lowest BCUT2D eigenvalue weighted by Gasteiger charge is -2.11. The number of carbonyl (C=O) groups is 3. The van der Waals surface area contributed by atoms with E-state index >= 15 is 0 Å². The molecule has 2 aromatic rings. The monoisotopic (exact) mass is 369 g/mol. The molecule has 0 aliphatic heterocycles. The first kappa shape index (κ1) is 20.0. The van der Waals surface area contributed by atoms with E-state index in [1.54, 1.807) is 37.3 Å². The standard InChI is InChI=1S/C20H23N3O4/c1-4-18(24)21-16-8-6-15(7-9-16)20(26)23-22-19(25)12-27-17-10-5-13(2)11-14(17)3/h5-11H,4,12H2,1-3H3,(H,21,24)(H,22,25)(H,23,26). The Morgan fingerprint density at radius 3 is 2.26 bits per heavy atom. The highest BCUT2D eigenvalue weighted by Gasteiger charge is 2.09. The normalized spacial score (nSPS) is 10.0. The summed E-state index contributed by atoms with van der Waals surface area (Å²) in [7, 11) is 0. The van der Waals surface area contributed by atoms with Crippen LogP contribution >= 0.6 is 0 Å². The lowest BCUT2D eigenvalue weighted by Crippen LogP contribution is -2.43. The molecule has 0 spiro atoms. The number of aryl methyl sites for hydroxylation is 2. The van der Waals surface area contributed by atoms with Crippen molar-refractivity contribution in [1.82, 2.24) is 10.9 Å². The molecule has 0 heterocycles. The van der Waals surface area contributed by atoms with E-state index in [2.05, 4.69) is 16.2 Å². The summed E-state index contributed by atoms with van der Waals surface area (Å²) in [6.07, 6.45) is 0.373. The summed E-state index contributed by atoms with van der Waals surface area (Å²) in [5.74, 6) is -0.437. The molecule has 142 valence electrons. The van der Waals surface area contributed by atoms with Gasteiger partial charge in [0, 0.05) is 17.7 Å². The summed E-state index contributed by atoms with van der Waals surface area (Å²) in [6, 6.07) is 12.0. The van der Waals surface area contributed by atoms with Crippen molar-refractivity contribution in [3.63, 3.8) is 0 Å². The van der Waals surface area contributed by atoms with Crippen LogP contribution in [-0.2, 0) is 9.59 Å². The van der Waals surface area contributed by atoms with Gasteiger partial charge in [-0.15, -0.1) is 0 Å². The molecule has 0 fully saturated rings. The number of hydrazine groups is 1. The second-order valence-corrected chi connectivity index (χ2v) is 6.04. The number of anilines is 1. The van der Waals surface area contributed by atoms with Crippen molar-refractivity contribution >= 4 is 23.4 Å². The summed E-state index contributed by atoms with van der Waals surface area (Å²) in [6.45, 7) is 5.41. The van der Waals surface area contributed by atoms with Gasteiger partial charge in [-0.3, -0.25) is 25.2 Å². The van der Waals surface area contributed by atoms with Gasteiger partial charge in [-0.1, -0.05) is 24.6 Å². The molecule has 7 nitrogen and oxygen atoms in total. The first-order valence-corrected chi connectivity index (χ1v) is 8.58. The molecule has 3 amide bonds. The average molecular weight is 369 g/mol. The Labute approximate surface area is 158 Å². The Kier molecular flexibility index (Phi) is 6.93. The number of amides is 3. The van der Waals surface area contributed by atoms with Gasteiger partial charge in [-0.2, -0.15) is 0 Å². The maximum Gasteiger partial charge on any atom is 0.276 e. The number of carbonyl (C=O) groups excluding carboxylic acids is 3. The van der Waals surface area contributed by atoms with E-state index in [1.807, 2.05) is 26.0 Å². The van der Waals surface area contributed by atoms with Crippen molar-refractivity contribution in [2.75, 3.05) is 11.9 Å². The first-order valence-electron chi connectivity index (χ1n) is 8.58. The lowest BCUT2D eigenvalue weighted by atomic mass is 10.1. The maximum atomic E-state index is 12.1. The Morgan fingerprint density at radius 2 is 1.63 bits per heavy atom. The summed E-state index contributed by atoms with van der Waals surface area (Å²) >= 11 is 0. The van der Waals surface area contributed by atoms with E-state index in [1.165, 1.54) is 0 Å². The molecule has 2 rings (SSSR count). The van der Waals surface area contributed by atoms with E-state index in [4.69, 9.17) is 4.74 Å². The van der Waals surface area contributed by atoms with Crippen LogP contribution in [0.5, 0.6) is 5.75 Å². The van der Waals surface area contributed by atoms with Crippen LogP contribution in [0.3, 0.4) is 0 Å². The largest absolute Gasteiger partial charge is 0.483 e. The molecule has 0 aromatic heterocycles. The molecule has 0 bridgehead atoms. The van der Waals surface area contributed by atoms with Gasteiger partial charge in [0.25, 0.3) is 11.8 Å². The minimum Gasteiger partial charge on any atom is -0.483 e. The summed E-state index contributed by atoms with van der Waals surface area (Å²) in [5, 5.41) is 2.69. The maximum absolute atomic E-state index is 12.1. The second-order valence-electron chi connectivity index (χ2n) is 6.04. The predicted octanol–water partition coefficient (Wildman–Crippen LogP) is 2.49. The van der Waals surface area contributed by atoms with Crippen molar-refractivity contribution in [3.05, 3.63) is 59.2 Å². The van der Waals surface area contributed by atoms with Crippen LogP contribution < -0.4 is 20.9 Å². The fourth-order valence-corrected chi connectivity index (χ4v) is 2.29. The van der Waals surface area contributed by atoms with Crippen molar-refractivity contribution < 1.29 is 19.1 Å². The number of benzene rings is 2. The smallest absolute Gasteiger partial charge is 0.276 e. The van der Waals surface area contributed by atoms with Crippen molar-refractivity contribution in [1.29, 1.82) is 0 Å². The highest BCUT2D eigenvalue weighted by Crippen LogP contribution is 2.18. The van der Waals surface area contributed by atoms with Crippen molar-refractivity contribution in [3.8, 4) is 5.75 Å². The second kappa shape index (κ2) is 9.38. The zero-order valence-corrected chi connectivity index (χ0v) is 15.6. The summed E-state index contributed by atoms with van der Waals surface area (Å²) in [5.41, 5.74) is 7.62. The van der Waals surface area contributed by atoms with E-state index in [0.29, 0.717) is 23.4 Å². The number of rotatable bonds is 6. The van der Waals surface area contributed by atoms with Gasteiger partial charge in [0.15, 0.2) is 6.61 Å². The van der Waals surface area contributed by atoms with Gasteiger partial charge >= 0.3 is 0 Å². The van der Waals surface area contributed by atoms with Gasteiger partial charge in [-0.05, 0) is 49.7 Å². The van der Waals surface area contributed by atoms with Gasteiger partial charge < -0.3 is 10.1 Å². The molecule has 0 saturated carbocycles. The Balaban J connectivity index is 1.80. The zero-order valence-electron chi connectivity index (χ0n) is 15.6. The molecule has 2 aromatic carbocycles. The van der Waals surface area contributed by atoms with E-state index in [-0.39, 0.29) is 12.5 Å². The van der Waals surface area contributed by atoms with Crippen LogP contribution in [0.1, 0.15) is 34.8 Å². The average Bonchev–Trinajstić information content (AvgIpc) is 2.65. The molecular formula is C20H23N3O4. The number of hydrogen-bond donors (Lipinski definition) is 3. The molecule has 0 radical (unpaired) electrons. The van der Waals surface area contributed by atoms with E-state index < -0.39 is 11.8 Å². The van der Waals surface area contributed by atoms with Crippen LogP contribution in [-0.4, -0.2) is 24.3 Å². The Bertz CT molecular complexity index is 832. The minimum atomic E-state index is -0.477. The third kappa shape index (κ3) is 6.14. The SMILES string of the molecule is CCC(=O)Nc1ccc(C(=O)NNC(=O)COc2ccc(C)cc2C)cc1. The van der Waals surface area contributed by atoms with Gasteiger partial charge in [-0.25, -0.2) is 0 Å². The third-order valence-electron chi connectivity index (χ3n) is 3.76. The van der Waals surface area contributed by atoms with Crippen LogP contribution in [0.2, 0.25) is 0 Å². The molecule has 3 N–H and O–H groups in total. The topological polar surface area (TPSA) is 96.5 Å². The number of hydrogen-bond acceptors (Lipinski definition) is 4. The fourth-order valence-electron chi connectivity index (χ4n) is 2.29. The van der Waals surface area contributed by atoms with Crippen LogP contribution in [0.4, 0.5) is 5.69 Å². The fraction of sp³-hybridized carbons (Fsp3) is 0.250. The number of nitrogens with one attached hydrogen (secondary N) is 3. The van der Waals surface area contributed by atoms with Crippen LogP contribution in [0, 0.1) is 13.8 Å². The van der Waals surface area contributed by atoms with E-state index in [9.17, 15) is 14.4 Å². The van der Waals surface area contributed by atoms with Crippen molar-refractivity contribution in [2.45, 2.75) is 27.2 Å². The highest BCUT2D eigenvalue weighted by atomic mass is 16.5. The molecular weight excluding hydrogens is 346 g/mol. The summed E-state index contributed by atoms with van der Waals surface area (Å²) in [4.78, 5) is 35.2. The lowest BCUT2D eigenvalue weighted by molar-refractivity contribution is -0.123. The molecule has 0 aliphatic rings. The predicted molar refractivity (Wildman–Crippen MR) is 102 cm³/mol.